The lowest BCUT2D eigenvalue weighted by Crippen LogP contribution is -2.20. The van der Waals surface area contributed by atoms with E-state index in [9.17, 15) is 9.50 Å². The molecule has 2 aromatic carbocycles. The largest absolute Gasteiger partial charge is 0.388 e. The van der Waals surface area contributed by atoms with E-state index in [0.29, 0.717) is 15.6 Å². The smallest absolute Gasteiger partial charge is 0.123 e. The van der Waals surface area contributed by atoms with E-state index in [0.717, 1.165) is 5.56 Å². The van der Waals surface area contributed by atoms with E-state index < -0.39 is 6.10 Å². The summed E-state index contributed by atoms with van der Waals surface area (Å²) in [6.07, 6.45) is -0.906. The van der Waals surface area contributed by atoms with E-state index in [1.165, 1.54) is 12.1 Å². The summed E-state index contributed by atoms with van der Waals surface area (Å²) in [7, 11) is 0. The number of hydrogen-bond acceptors (Lipinski definition) is 2. The molecule has 0 amide bonds. The van der Waals surface area contributed by atoms with Gasteiger partial charge in [0.15, 0.2) is 0 Å². The summed E-state index contributed by atoms with van der Waals surface area (Å²) in [6.45, 7) is 0.204. The fourth-order valence-electron chi connectivity index (χ4n) is 2.12. The van der Waals surface area contributed by atoms with Gasteiger partial charge in [-0.05, 0) is 35.9 Å². The van der Waals surface area contributed by atoms with Gasteiger partial charge < -0.3 is 10.8 Å². The molecule has 5 heteroatoms. The molecule has 2 atom stereocenters. The van der Waals surface area contributed by atoms with Crippen LogP contribution in [0.4, 0.5) is 4.39 Å². The lowest BCUT2D eigenvalue weighted by Gasteiger charge is -2.23. The number of nitrogens with two attached hydrogens (primary N) is 1. The van der Waals surface area contributed by atoms with Gasteiger partial charge in [-0.25, -0.2) is 4.39 Å². The van der Waals surface area contributed by atoms with Gasteiger partial charge >= 0.3 is 0 Å². The van der Waals surface area contributed by atoms with Gasteiger partial charge in [-0.3, -0.25) is 0 Å². The number of aliphatic hydroxyl groups is 1. The van der Waals surface area contributed by atoms with Gasteiger partial charge in [-0.1, -0.05) is 35.3 Å². The number of benzene rings is 2. The van der Waals surface area contributed by atoms with Gasteiger partial charge in [0.2, 0.25) is 0 Å². The lowest BCUT2D eigenvalue weighted by molar-refractivity contribution is 0.147. The van der Waals surface area contributed by atoms with E-state index >= 15 is 0 Å². The highest BCUT2D eigenvalue weighted by molar-refractivity contribution is 6.33. The predicted octanol–water partition coefficient (Wildman–Crippen LogP) is 3.91. The number of halogens is 3. The van der Waals surface area contributed by atoms with E-state index in [-0.39, 0.29) is 18.3 Å². The summed E-state index contributed by atoms with van der Waals surface area (Å²) in [5.41, 5.74) is 7.00. The molecule has 0 saturated heterocycles. The maximum Gasteiger partial charge on any atom is 0.123 e. The van der Waals surface area contributed by atoms with Crippen molar-refractivity contribution in [3.63, 3.8) is 0 Å². The molecule has 106 valence electrons. The summed E-state index contributed by atoms with van der Waals surface area (Å²) in [5, 5.41) is 11.4. The lowest BCUT2D eigenvalue weighted by atomic mass is 9.89. The fraction of sp³-hybridized carbons (Fsp3) is 0.200. The van der Waals surface area contributed by atoms with Gasteiger partial charge in [0, 0.05) is 28.1 Å². The summed E-state index contributed by atoms with van der Waals surface area (Å²) >= 11 is 12.0. The third-order valence-electron chi connectivity index (χ3n) is 3.21. The normalized spacial score (nSPS) is 14.1. The summed E-state index contributed by atoms with van der Waals surface area (Å²) in [5.74, 6) is -0.716. The molecule has 2 rings (SSSR count). The summed E-state index contributed by atoms with van der Waals surface area (Å²) in [4.78, 5) is 0. The van der Waals surface area contributed by atoms with Crippen LogP contribution in [0.1, 0.15) is 23.1 Å². The fourth-order valence-corrected chi connectivity index (χ4v) is 2.53. The maximum atomic E-state index is 13.0. The highest BCUT2D eigenvalue weighted by Gasteiger charge is 2.23. The summed E-state index contributed by atoms with van der Waals surface area (Å²) < 4.78 is 13.0. The topological polar surface area (TPSA) is 46.2 Å². The van der Waals surface area contributed by atoms with Crippen LogP contribution < -0.4 is 5.73 Å². The molecule has 0 radical (unpaired) electrons. The second kappa shape index (κ2) is 6.55. The quantitative estimate of drug-likeness (QED) is 0.899. The molecule has 2 aromatic rings. The molecule has 0 aliphatic rings. The highest BCUT2D eigenvalue weighted by atomic mass is 35.5. The first-order valence-electron chi connectivity index (χ1n) is 6.11. The Morgan fingerprint density at radius 3 is 2.35 bits per heavy atom. The van der Waals surface area contributed by atoms with Crippen molar-refractivity contribution < 1.29 is 9.50 Å². The second-order valence-corrected chi connectivity index (χ2v) is 5.35. The van der Waals surface area contributed by atoms with Crippen LogP contribution in [-0.4, -0.2) is 11.7 Å². The van der Waals surface area contributed by atoms with Crippen molar-refractivity contribution in [3.05, 3.63) is 69.5 Å². The van der Waals surface area contributed by atoms with Crippen molar-refractivity contribution in [2.75, 3.05) is 6.54 Å². The van der Waals surface area contributed by atoms with Crippen LogP contribution in [0.2, 0.25) is 10.0 Å². The minimum Gasteiger partial charge on any atom is -0.388 e. The molecular weight excluding hydrogens is 300 g/mol. The van der Waals surface area contributed by atoms with E-state index in [1.807, 2.05) is 0 Å². The minimum absolute atomic E-state index is 0.204. The van der Waals surface area contributed by atoms with Crippen LogP contribution in [0.3, 0.4) is 0 Å². The standard InChI is InChI=1S/C15H14Cl2FNO/c16-10-3-6-14(17)12(7-10)15(20)13(8-19)9-1-4-11(18)5-2-9/h1-7,13,15,20H,8,19H2. The molecule has 0 aliphatic heterocycles. The third kappa shape index (κ3) is 3.30. The van der Waals surface area contributed by atoms with Gasteiger partial charge in [0.1, 0.15) is 5.82 Å². The third-order valence-corrected chi connectivity index (χ3v) is 3.79. The van der Waals surface area contributed by atoms with Gasteiger partial charge in [0.05, 0.1) is 6.10 Å². The Morgan fingerprint density at radius 2 is 1.75 bits per heavy atom. The molecule has 3 N–H and O–H groups in total. The zero-order valence-corrected chi connectivity index (χ0v) is 12.1. The van der Waals surface area contributed by atoms with Crippen LogP contribution in [0.25, 0.3) is 0 Å². The Bertz CT molecular complexity index is 589. The van der Waals surface area contributed by atoms with E-state index in [2.05, 4.69) is 0 Å². The zero-order valence-electron chi connectivity index (χ0n) is 10.6. The van der Waals surface area contributed by atoms with Crippen LogP contribution in [-0.2, 0) is 0 Å². The Kier molecular flexibility index (Phi) is 5.00. The van der Waals surface area contributed by atoms with Crippen molar-refractivity contribution in [1.29, 1.82) is 0 Å². The summed E-state index contributed by atoms with van der Waals surface area (Å²) in [6, 6.07) is 10.8. The molecule has 0 fully saturated rings. The first-order chi connectivity index (χ1) is 9.52. The molecular formula is C15H14Cl2FNO. The Labute approximate surface area is 126 Å². The average molecular weight is 314 g/mol. The monoisotopic (exact) mass is 313 g/mol. The Hall–Kier alpha value is -1.13. The first-order valence-corrected chi connectivity index (χ1v) is 6.87. The molecule has 0 saturated carbocycles. The van der Waals surface area contributed by atoms with Crippen molar-refractivity contribution >= 4 is 23.2 Å². The zero-order chi connectivity index (χ0) is 14.7. The molecule has 0 spiro atoms. The van der Waals surface area contributed by atoms with Gasteiger partial charge in [-0.15, -0.1) is 0 Å². The van der Waals surface area contributed by atoms with Crippen molar-refractivity contribution in [2.24, 2.45) is 5.73 Å². The van der Waals surface area contributed by atoms with Crippen molar-refractivity contribution in [1.82, 2.24) is 0 Å². The number of rotatable bonds is 4. The van der Waals surface area contributed by atoms with Crippen molar-refractivity contribution in [2.45, 2.75) is 12.0 Å². The van der Waals surface area contributed by atoms with Crippen LogP contribution in [0, 0.1) is 5.82 Å². The Balaban J connectivity index is 2.35. The number of aliphatic hydroxyl groups excluding tert-OH is 1. The van der Waals surface area contributed by atoms with Crippen molar-refractivity contribution in [3.8, 4) is 0 Å². The van der Waals surface area contributed by atoms with Crippen LogP contribution in [0.15, 0.2) is 42.5 Å². The maximum absolute atomic E-state index is 13.0. The molecule has 0 aliphatic carbocycles. The SMILES string of the molecule is NCC(c1ccc(F)cc1)C(O)c1cc(Cl)ccc1Cl. The molecule has 0 bridgehead atoms. The van der Waals surface area contributed by atoms with Gasteiger partial charge in [0.25, 0.3) is 0 Å². The molecule has 0 heterocycles. The highest BCUT2D eigenvalue weighted by Crippen LogP contribution is 2.35. The van der Waals surface area contributed by atoms with E-state index in [1.54, 1.807) is 30.3 Å². The second-order valence-electron chi connectivity index (χ2n) is 4.50. The van der Waals surface area contributed by atoms with E-state index in [4.69, 9.17) is 28.9 Å². The molecule has 2 nitrogen and oxygen atoms in total. The van der Waals surface area contributed by atoms with Gasteiger partial charge in [-0.2, -0.15) is 0 Å². The first kappa shape index (κ1) is 15.3. The molecule has 2 unspecified atom stereocenters. The minimum atomic E-state index is -0.906. The Morgan fingerprint density at radius 1 is 1.10 bits per heavy atom. The predicted molar refractivity (Wildman–Crippen MR) is 79.6 cm³/mol. The molecule has 20 heavy (non-hydrogen) atoms. The number of hydrogen-bond donors (Lipinski definition) is 2. The van der Waals surface area contributed by atoms with Crippen LogP contribution >= 0.6 is 23.2 Å². The average Bonchev–Trinajstić information content (AvgIpc) is 2.44. The van der Waals surface area contributed by atoms with Crippen LogP contribution in [0.5, 0.6) is 0 Å². The molecule has 0 aromatic heterocycles.